The Bertz CT molecular complexity index is 503. The Morgan fingerprint density at radius 1 is 1.38 bits per heavy atom. The molecule has 7 heteroatoms. The minimum atomic E-state index is -0.952. The molecule has 1 aliphatic heterocycles. The van der Waals surface area contributed by atoms with Crippen molar-refractivity contribution in [3.8, 4) is 5.75 Å². The van der Waals surface area contributed by atoms with Crippen LogP contribution < -0.4 is 10.1 Å². The zero-order chi connectivity index (χ0) is 15.2. The summed E-state index contributed by atoms with van der Waals surface area (Å²) < 4.78 is 10.0. The summed E-state index contributed by atoms with van der Waals surface area (Å²) in [5.41, 5.74) is 0.508. The number of nitrogens with zero attached hydrogens (tertiary/aromatic N) is 1. The van der Waals surface area contributed by atoms with Crippen molar-refractivity contribution in [2.75, 3.05) is 27.0 Å². The van der Waals surface area contributed by atoms with Gasteiger partial charge in [0.2, 0.25) is 0 Å². The summed E-state index contributed by atoms with van der Waals surface area (Å²) in [6, 6.07) is 6.55. The number of benzene rings is 1. The first-order valence-corrected chi connectivity index (χ1v) is 6.60. The molecule has 114 valence electrons. The number of ether oxygens (including phenoxy) is 2. The third kappa shape index (κ3) is 4.09. The fraction of sp³-hybridized carbons (Fsp3) is 0.429. The van der Waals surface area contributed by atoms with E-state index in [0.717, 1.165) is 0 Å². The number of hydrogen-bond acceptors (Lipinski definition) is 4. The van der Waals surface area contributed by atoms with Crippen LogP contribution in [0.5, 0.6) is 5.75 Å². The van der Waals surface area contributed by atoms with Gasteiger partial charge >= 0.3 is 6.09 Å². The van der Waals surface area contributed by atoms with Gasteiger partial charge in [-0.2, -0.15) is 0 Å². The fourth-order valence-corrected chi connectivity index (χ4v) is 2.15. The van der Waals surface area contributed by atoms with Crippen LogP contribution >= 0.6 is 0 Å². The number of nitrogens with one attached hydrogen (secondary N) is 1. The molecule has 2 amide bonds. The van der Waals surface area contributed by atoms with Gasteiger partial charge in [0, 0.05) is 31.8 Å². The number of rotatable bonds is 5. The lowest BCUT2D eigenvalue weighted by Gasteiger charge is -2.14. The molecule has 0 saturated carbocycles. The molecule has 1 unspecified atom stereocenters. The molecule has 0 aromatic heterocycles. The van der Waals surface area contributed by atoms with Gasteiger partial charge in [-0.25, -0.2) is 4.79 Å². The van der Waals surface area contributed by atoms with Gasteiger partial charge in [-0.1, -0.05) is 0 Å². The Kier molecular flexibility index (Phi) is 4.99. The number of amides is 2. The van der Waals surface area contributed by atoms with Gasteiger partial charge < -0.3 is 24.8 Å². The Hall–Kier alpha value is -2.28. The third-order valence-electron chi connectivity index (χ3n) is 3.25. The van der Waals surface area contributed by atoms with E-state index in [1.54, 1.807) is 24.3 Å². The number of likely N-dealkylation sites (tertiary alicyclic amines) is 1. The molecule has 1 fully saturated rings. The van der Waals surface area contributed by atoms with Crippen LogP contribution in [0.25, 0.3) is 0 Å². The van der Waals surface area contributed by atoms with Crippen LogP contribution in [0.3, 0.4) is 0 Å². The number of carboxylic acid groups (broad SMARTS) is 1. The zero-order valence-corrected chi connectivity index (χ0v) is 11.7. The van der Waals surface area contributed by atoms with E-state index in [1.165, 1.54) is 12.0 Å². The van der Waals surface area contributed by atoms with E-state index in [9.17, 15) is 9.59 Å². The molecule has 0 spiro atoms. The molecule has 1 aliphatic rings. The SMILES string of the molecule is COCOc1ccc(C(=O)NC2CCN(C(=O)O)C2)cc1. The van der Waals surface area contributed by atoms with E-state index >= 15 is 0 Å². The maximum Gasteiger partial charge on any atom is 0.407 e. The molecular formula is C14H18N2O5. The summed E-state index contributed by atoms with van der Waals surface area (Å²) >= 11 is 0. The minimum absolute atomic E-state index is 0.141. The molecule has 1 aromatic rings. The third-order valence-corrected chi connectivity index (χ3v) is 3.25. The van der Waals surface area contributed by atoms with E-state index in [-0.39, 0.29) is 18.7 Å². The lowest BCUT2D eigenvalue weighted by molar-refractivity contribution is 0.0511. The monoisotopic (exact) mass is 294 g/mol. The first-order chi connectivity index (χ1) is 10.1. The standard InChI is InChI=1S/C14H18N2O5/c1-20-9-21-12-4-2-10(3-5-12)13(17)15-11-6-7-16(8-11)14(18)19/h2-5,11H,6-9H2,1H3,(H,15,17)(H,18,19). The maximum absolute atomic E-state index is 12.1. The van der Waals surface area contributed by atoms with Gasteiger partial charge in [0.05, 0.1) is 0 Å². The molecule has 0 radical (unpaired) electrons. The predicted molar refractivity (Wildman–Crippen MR) is 74.4 cm³/mol. The molecule has 0 bridgehead atoms. The first kappa shape index (κ1) is 15.1. The molecular weight excluding hydrogens is 276 g/mol. The molecule has 2 N–H and O–H groups in total. The fourth-order valence-electron chi connectivity index (χ4n) is 2.15. The summed E-state index contributed by atoms with van der Waals surface area (Å²) in [6.45, 7) is 0.929. The summed E-state index contributed by atoms with van der Waals surface area (Å²) in [5, 5.41) is 11.7. The average Bonchev–Trinajstić information content (AvgIpc) is 2.94. The van der Waals surface area contributed by atoms with Crippen molar-refractivity contribution in [3.05, 3.63) is 29.8 Å². The Morgan fingerprint density at radius 2 is 2.10 bits per heavy atom. The largest absolute Gasteiger partial charge is 0.468 e. The lowest BCUT2D eigenvalue weighted by atomic mass is 10.2. The van der Waals surface area contributed by atoms with Crippen LogP contribution in [0.1, 0.15) is 16.8 Å². The van der Waals surface area contributed by atoms with Crippen molar-refractivity contribution in [1.82, 2.24) is 10.2 Å². The van der Waals surface area contributed by atoms with Gasteiger partial charge in [-0.3, -0.25) is 4.79 Å². The Balaban J connectivity index is 1.87. The molecule has 2 rings (SSSR count). The van der Waals surface area contributed by atoms with E-state index < -0.39 is 6.09 Å². The van der Waals surface area contributed by atoms with Crippen LogP contribution in [0.15, 0.2) is 24.3 Å². The highest BCUT2D eigenvalue weighted by molar-refractivity contribution is 5.94. The average molecular weight is 294 g/mol. The molecule has 0 aliphatic carbocycles. The van der Waals surface area contributed by atoms with Gasteiger partial charge in [0.15, 0.2) is 6.79 Å². The summed E-state index contributed by atoms with van der Waals surface area (Å²) in [6.07, 6.45) is -0.320. The maximum atomic E-state index is 12.1. The highest BCUT2D eigenvalue weighted by atomic mass is 16.7. The number of carbonyl (C=O) groups excluding carboxylic acids is 1. The van der Waals surface area contributed by atoms with E-state index in [0.29, 0.717) is 30.8 Å². The van der Waals surface area contributed by atoms with Gasteiger partial charge in [-0.15, -0.1) is 0 Å². The van der Waals surface area contributed by atoms with Gasteiger partial charge in [-0.05, 0) is 30.7 Å². The molecule has 21 heavy (non-hydrogen) atoms. The summed E-state index contributed by atoms with van der Waals surface area (Å²) in [5.74, 6) is 0.400. The first-order valence-electron chi connectivity index (χ1n) is 6.60. The molecule has 1 heterocycles. The second-order valence-electron chi connectivity index (χ2n) is 4.76. The molecule has 1 saturated heterocycles. The van der Waals surface area contributed by atoms with Crippen molar-refractivity contribution in [2.24, 2.45) is 0 Å². The topological polar surface area (TPSA) is 88.1 Å². The van der Waals surface area contributed by atoms with E-state index in [4.69, 9.17) is 14.6 Å². The Labute approximate surface area is 122 Å². The molecule has 7 nitrogen and oxygen atoms in total. The van der Waals surface area contributed by atoms with Gasteiger partial charge in [0.1, 0.15) is 5.75 Å². The van der Waals surface area contributed by atoms with Crippen LogP contribution in [0.4, 0.5) is 4.79 Å². The van der Waals surface area contributed by atoms with E-state index in [2.05, 4.69) is 5.32 Å². The van der Waals surface area contributed by atoms with Gasteiger partial charge in [0.25, 0.3) is 5.91 Å². The van der Waals surface area contributed by atoms with Crippen LogP contribution in [0, 0.1) is 0 Å². The second-order valence-corrected chi connectivity index (χ2v) is 4.76. The quantitative estimate of drug-likeness (QED) is 0.795. The smallest absolute Gasteiger partial charge is 0.407 e. The molecule has 1 aromatic carbocycles. The second kappa shape index (κ2) is 6.94. The summed E-state index contributed by atoms with van der Waals surface area (Å²) in [4.78, 5) is 24.2. The van der Waals surface area contributed by atoms with E-state index in [1.807, 2.05) is 0 Å². The van der Waals surface area contributed by atoms with Crippen molar-refractivity contribution in [1.29, 1.82) is 0 Å². The zero-order valence-electron chi connectivity index (χ0n) is 11.7. The molecule has 1 atom stereocenters. The van der Waals surface area contributed by atoms with Crippen LogP contribution in [0.2, 0.25) is 0 Å². The van der Waals surface area contributed by atoms with Crippen LogP contribution in [-0.2, 0) is 4.74 Å². The minimum Gasteiger partial charge on any atom is -0.468 e. The van der Waals surface area contributed by atoms with Crippen molar-refractivity contribution in [3.63, 3.8) is 0 Å². The highest BCUT2D eigenvalue weighted by Crippen LogP contribution is 2.14. The van der Waals surface area contributed by atoms with Crippen molar-refractivity contribution in [2.45, 2.75) is 12.5 Å². The van der Waals surface area contributed by atoms with Crippen molar-refractivity contribution < 1.29 is 24.2 Å². The predicted octanol–water partition coefficient (Wildman–Crippen LogP) is 1.15. The Morgan fingerprint density at radius 3 is 2.67 bits per heavy atom. The highest BCUT2D eigenvalue weighted by Gasteiger charge is 2.27. The normalized spacial score (nSPS) is 17.6. The van der Waals surface area contributed by atoms with Crippen LogP contribution in [-0.4, -0.2) is 55.0 Å². The lowest BCUT2D eigenvalue weighted by Crippen LogP contribution is -2.38. The summed E-state index contributed by atoms with van der Waals surface area (Å²) in [7, 11) is 1.53. The van der Waals surface area contributed by atoms with Crippen molar-refractivity contribution >= 4 is 12.0 Å². The number of hydrogen-bond donors (Lipinski definition) is 2. The number of methoxy groups -OCH3 is 1. The number of carbonyl (C=O) groups is 2.